The molecular formula is C18H24N2O. The highest BCUT2D eigenvalue weighted by Gasteiger charge is 2.09. The number of hydrogen-bond acceptors (Lipinski definition) is 3. The van der Waals surface area contributed by atoms with Crippen molar-refractivity contribution in [1.82, 2.24) is 10.3 Å². The van der Waals surface area contributed by atoms with E-state index in [9.17, 15) is 0 Å². The number of hydrogen-bond donors (Lipinski definition) is 1. The summed E-state index contributed by atoms with van der Waals surface area (Å²) < 4.78 is 5.90. The molecule has 0 fully saturated rings. The Morgan fingerprint density at radius 3 is 2.52 bits per heavy atom. The molecule has 21 heavy (non-hydrogen) atoms. The molecule has 0 amide bonds. The van der Waals surface area contributed by atoms with Crippen LogP contribution in [0.1, 0.15) is 37.6 Å². The summed E-state index contributed by atoms with van der Waals surface area (Å²) in [5.74, 6) is 1.49. The van der Waals surface area contributed by atoms with Crippen molar-refractivity contribution in [2.24, 2.45) is 0 Å². The number of pyridine rings is 1. The van der Waals surface area contributed by atoms with Crippen LogP contribution in [0.4, 0.5) is 0 Å². The zero-order valence-electron chi connectivity index (χ0n) is 13.5. The third kappa shape index (κ3) is 4.87. The van der Waals surface area contributed by atoms with Gasteiger partial charge in [-0.2, -0.15) is 0 Å². The molecule has 2 aromatic rings. The molecule has 3 heteroatoms. The first-order valence-electron chi connectivity index (χ1n) is 7.29. The molecule has 112 valence electrons. The van der Waals surface area contributed by atoms with Gasteiger partial charge in [0.25, 0.3) is 0 Å². The summed E-state index contributed by atoms with van der Waals surface area (Å²) in [5, 5.41) is 3.43. The first kappa shape index (κ1) is 15.5. The number of nitrogens with zero attached hydrogens (tertiary/aromatic N) is 1. The predicted octanol–water partition coefficient (Wildman–Crippen LogP) is 4.38. The van der Waals surface area contributed by atoms with Crippen molar-refractivity contribution >= 4 is 0 Å². The van der Waals surface area contributed by atoms with Crippen LogP contribution in [0.2, 0.25) is 0 Å². The van der Waals surface area contributed by atoms with Gasteiger partial charge < -0.3 is 10.1 Å². The van der Waals surface area contributed by atoms with Crippen molar-refractivity contribution in [2.45, 2.75) is 46.7 Å². The molecule has 0 radical (unpaired) electrons. The molecule has 1 N–H and O–H groups in total. The number of aromatic nitrogens is 1. The van der Waals surface area contributed by atoms with E-state index >= 15 is 0 Å². The summed E-state index contributed by atoms with van der Waals surface area (Å²) >= 11 is 0. The average Bonchev–Trinajstić information content (AvgIpc) is 2.39. The van der Waals surface area contributed by atoms with Crippen LogP contribution in [0.25, 0.3) is 0 Å². The third-order valence-electron chi connectivity index (χ3n) is 3.13. The smallest absolute Gasteiger partial charge is 0.219 e. The maximum absolute atomic E-state index is 5.90. The molecule has 1 heterocycles. The molecule has 0 bridgehead atoms. The molecule has 1 aromatic carbocycles. The second kappa shape index (κ2) is 6.27. The van der Waals surface area contributed by atoms with Crippen LogP contribution >= 0.6 is 0 Å². The lowest BCUT2D eigenvalue weighted by molar-refractivity contribution is 0.415. The highest BCUT2D eigenvalue weighted by molar-refractivity contribution is 5.38. The van der Waals surface area contributed by atoms with Crippen LogP contribution in [0, 0.1) is 13.8 Å². The molecule has 3 nitrogen and oxygen atoms in total. The monoisotopic (exact) mass is 284 g/mol. The lowest BCUT2D eigenvalue weighted by Gasteiger charge is -2.20. The lowest BCUT2D eigenvalue weighted by atomic mass is 10.1. The molecule has 0 spiro atoms. The number of benzene rings is 1. The highest BCUT2D eigenvalue weighted by atomic mass is 16.5. The van der Waals surface area contributed by atoms with E-state index in [1.54, 1.807) is 0 Å². The standard InChI is InChI=1S/C18H24N2O/c1-13-9-10-16(14(2)11-13)21-17-8-6-7-15(20-17)12-19-18(3,4)5/h6-11,19H,12H2,1-5H3. The van der Waals surface area contributed by atoms with Gasteiger partial charge >= 0.3 is 0 Å². The first-order valence-corrected chi connectivity index (χ1v) is 7.29. The summed E-state index contributed by atoms with van der Waals surface area (Å²) in [5.41, 5.74) is 3.41. The average molecular weight is 284 g/mol. The van der Waals surface area contributed by atoms with Gasteiger partial charge in [0.2, 0.25) is 5.88 Å². The van der Waals surface area contributed by atoms with Crippen molar-refractivity contribution in [1.29, 1.82) is 0 Å². The minimum Gasteiger partial charge on any atom is -0.439 e. The van der Waals surface area contributed by atoms with Crippen molar-refractivity contribution in [3.63, 3.8) is 0 Å². The summed E-state index contributed by atoms with van der Waals surface area (Å²) in [6.07, 6.45) is 0. The fourth-order valence-electron chi connectivity index (χ4n) is 2.00. The second-order valence-corrected chi connectivity index (χ2v) is 6.44. The number of rotatable bonds is 4. The van der Waals surface area contributed by atoms with E-state index in [1.807, 2.05) is 37.3 Å². The predicted molar refractivity (Wildman–Crippen MR) is 86.8 cm³/mol. The van der Waals surface area contributed by atoms with Gasteiger partial charge in [0.1, 0.15) is 5.75 Å². The van der Waals surface area contributed by atoms with Gasteiger partial charge in [0, 0.05) is 18.2 Å². The Morgan fingerprint density at radius 1 is 1.10 bits per heavy atom. The minimum absolute atomic E-state index is 0.0755. The van der Waals surface area contributed by atoms with Gasteiger partial charge in [-0.1, -0.05) is 23.8 Å². The Balaban J connectivity index is 2.10. The van der Waals surface area contributed by atoms with Gasteiger partial charge in [-0.3, -0.25) is 0 Å². The van der Waals surface area contributed by atoms with Crippen LogP contribution in [-0.2, 0) is 6.54 Å². The van der Waals surface area contributed by atoms with Gasteiger partial charge in [-0.25, -0.2) is 4.98 Å². The van der Waals surface area contributed by atoms with Crippen LogP contribution in [0.5, 0.6) is 11.6 Å². The fourth-order valence-corrected chi connectivity index (χ4v) is 2.00. The van der Waals surface area contributed by atoms with E-state index in [-0.39, 0.29) is 5.54 Å². The van der Waals surface area contributed by atoms with Crippen molar-refractivity contribution in [3.05, 3.63) is 53.2 Å². The SMILES string of the molecule is Cc1ccc(Oc2cccc(CNC(C)(C)C)n2)c(C)c1. The maximum Gasteiger partial charge on any atom is 0.219 e. The van der Waals surface area contributed by atoms with Crippen molar-refractivity contribution in [2.75, 3.05) is 0 Å². The largest absolute Gasteiger partial charge is 0.439 e. The Labute approximate surface area is 127 Å². The molecule has 0 aliphatic carbocycles. The molecule has 0 saturated carbocycles. The third-order valence-corrected chi connectivity index (χ3v) is 3.13. The summed E-state index contributed by atoms with van der Waals surface area (Å²) in [6, 6.07) is 12.0. The van der Waals surface area contributed by atoms with Gasteiger partial charge in [0.15, 0.2) is 0 Å². The minimum atomic E-state index is 0.0755. The molecule has 1 aromatic heterocycles. The van der Waals surface area contributed by atoms with E-state index in [0.29, 0.717) is 5.88 Å². The summed E-state index contributed by atoms with van der Waals surface area (Å²) in [6.45, 7) is 11.3. The molecular weight excluding hydrogens is 260 g/mol. The normalized spacial score (nSPS) is 11.5. The molecule has 0 aliphatic rings. The van der Waals surface area contributed by atoms with E-state index in [2.05, 4.69) is 44.1 Å². The number of ether oxygens (including phenoxy) is 1. The highest BCUT2D eigenvalue weighted by Crippen LogP contribution is 2.24. The van der Waals surface area contributed by atoms with Crippen LogP contribution < -0.4 is 10.1 Å². The molecule has 0 unspecified atom stereocenters. The van der Waals surface area contributed by atoms with E-state index < -0.39 is 0 Å². The Hall–Kier alpha value is -1.87. The number of nitrogens with one attached hydrogen (secondary N) is 1. The van der Waals surface area contributed by atoms with E-state index in [0.717, 1.165) is 23.6 Å². The summed E-state index contributed by atoms with van der Waals surface area (Å²) in [7, 11) is 0. The van der Waals surface area contributed by atoms with Gasteiger partial charge in [0.05, 0.1) is 5.69 Å². The second-order valence-electron chi connectivity index (χ2n) is 6.44. The van der Waals surface area contributed by atoms with Gasteiger partial charge in [-0.15, -0.1) is 0 Å². The first-order chi connectivity index (χ1) is 9.83. The zero-order valence-corrected chi connectivity index (χ0v) is 13.5. The topological polar surface area (TPSA) is 34.1 Å². The molecule has 0 aliphatic heterocycles. The van der Waals surface area contributed by atoms with Gasteiger partial charge in [-0.05, 0) is 52.3 Å². The van der Waals surface area contributed by atoms with Crippen LogP contribution in [0.15, 0.2) is 36.4 Å². The Bertz CT molecular complexity index is 615. The molecule has 2 rings (SSSR count). The van der Waals surface area contributed by atoms with Crippen molar-refractivity contribution < 1.29 is 4.74 Å². The van der Waals surface area contributed by atoms with Crippen LogP contribution in [-0.4, -0.2) is 10.5 Å². The number of aryl methyl sites for hydroxylation is 2. The Kier molecular flexibility index (Phi) is 4.63. The fraction of sp³-hybridized carbons (Fsp3) is 0.389. The molecule has 0 atom stereocenters. The van der Waals surface area contributed by atoms with Crippen LogP contribution in [0.3, 0.4) is 0 Å². The lowest BCUT2D eigenvalue weighted by Crippen LogP contribution is -2.35. The van der Waals surface area contributed by atoms with Crippen molar-refractivity contribution in [3.8, 4) is 11.6 Å². The summed E-state index contributed by atoms with van der Waals surface area (Å²) in [4.78, 5) is 4.55. The zero-order chi connectivity index (χ0) is 15.5. The van der Waals surface area contributed by atoms with E-state index in [1.165, 1.54) is 5.56 Å². The quantitative estimate of drug-likeness (QED) is 0.904. The Morgan fingerprint density at radius 2 is 1.86 bits per heavy atom. The molecule has 0 saturated heterocycles. The maximum atomic E-state index is 5.90. The van der Waals surface area contributed by atoms with E-state index in [4.69, 9.17) is 4.74 Å².